The number of rotatable bonds is 4. The molecule has 2 N–H and O–H groups in total. The maximum absolute atomic E-state index is 13.6. The highest BCUT2D eigenvalue weighted by molar-refractivity contribution is 5.86. The molecule has 2 aliphatic rings. The second-order valence-corrected chi connectivity index (χ2v) is 5.54. The summed E-state index contributed by atoms with van der Waals surface area (Å²) >= 11 is 0. The highest BCUT2D eigenvalue weighted by Crippen LogP contribution is 2.24. The number of aliphatic hydroxyl groups is 1. The molecule has 0 aromatic heterocycles. The summed E-state index contributed by atoms with van der Waals surface area (Å²) in [7, 11) is 0. The van der Waals surface area contributed by atoms with Crippen molar-refractivity contribution < 1.29 is 19.0 Å². The van der Waals surface area contributed by atoms with Crippen molar-refractivity contribution in [3.8, 4) is 0 Å². The van der Waals surface area contributed by atoms with Crippen LogP contribution in [-0.2, 0) is 16.1 Å². The lowest BCUT2D eigenvalue weighted by atomic mass is 10.1. The number of hydrogen-bond acceptors (Lipinski definition) is 4. The average Bonchev–Trinajstić information content (AvgIpc) is 3.30. The first-order valence-corrected chi connectivity index (χ1v) is 7.22. The molecule has 2 fully saturated rings. The molecule has 1 amide bonds. The van der Waals surface area contributed by atoms with Gasteiger partial charge in [0.05, 0.1) is 19.8 Å². The number of aliphatic hydroxyl groups excluding tert-OH is 1. The third kappa shape index (κ3) is 3.33. The second-order valence-electron chi connectivity index (χ2n) is 5.54. The van der Waals surface area contributed by atoms with Crippen molar-refractivity contribution in [2.75, 3.05) is 24.7 Å². The quantitative estimate of drug-likeness (QED) is 0.862. The summed E-state index contributed by atoms with van der Waals surface area (Å²) in [6.07, 6.45) is 2.04. The maximum Gasteiger partial charge on any atom is 0.245 e. The highest BCUT2D eigenvalue weighted by atomic mass is 19.1. The fourth-order valence-corrected chi connectivity index (χ4v) is 2.55. The van der Waals surface area contributed by atoms with Gasteiger partial charge in [0, 0.05) is 18.3 Å². The van der Waals surface area contributed by atoms with E-state index >= 15 is 0 Å². The minimum atomic E-state index is -0.451. The van der Waals surface area contributed by atoms with Gasteiger partial charge >= 0.3 is 0 Å². The van der Waals surface area contributed by atoms with Crippen molar-refractivity contribution in [1.29, 1.82) is 0 Å². The molecule has 0 radical (unpaired) electrons. The number of hydrogen-bond donors (Lipinski definition) is 2. The molecule has 1 atom stereocenters. The van der Waals surface area contributed by atoms with Crippen LogP contribution >= 0.6 is 0 Å². The van der Waals surface area contributed by atoms with Gasteiger partial charge in [0.25, 0.3) is 0 Å². The van der Waals surface area contributed by atoms with Crippen LogP contribution in [-0.4, -0.2) is 42.9 Å². The number of morpholine rings is 1. The number of benzene rings is 1. The van der Waals surface area contributed by atoms with Gasteiger partial charge in [-0.1, -0.05) is 0 Å². The van der Waals surface area contributed by atoms with E-state index in [4.69, 9.17) is 4.74 Å². The fraction of sp³-hybridized carbons (Fsp3) is 0.533. The van der Waals surface area contributed by atoms with E-state index in [1.807, 2.05) is 4.90 Å². The molecule has 1 unspecified atom stereocenters. The third-order valence-electron chi connectivity index (χ3n) is 3.81. The van der Waals surface area contributed by atoms with E-state index in [9.17, 15) is 14.3 Å². The molecule has 3 rings (SSSR count). The maximum atomic E-state index is 13.6. The Hall–Kier alpha value is -1.66. The van der Waals surface area contributed by atoms with Crippen LogP contribution in [0.1, 0.15) is 18.4 Å². The van der Waals surface area contributed by atoms with Crippen molar-refractivity contribution in [3.05, 3.63) is 29.6 Å². The van der Waals surface area contributed by atoms with Gasteiger partial charge in [-0.2, -0.15) is 0 Å². The molecule has 0 spiro atoms. The van der Waals surface area contributed by atoms with Gasteiger partial charge in [0.15, 0.2) is 0 Å². The SMILES string of the molecule is O=C(NC1CC1)C1COCCN1c1cc(F)cc(CO)c1. The van der Waals surface area contributed by atoms with Crippen molar-refractivity contribution in [2.45, 2.75) is 31.5 Å². The monoisotopic (exact) mass is 294 g/mol. The van der Waals surface area contributed by atoms with Gasteiger partial charge < -0.3 is 20.1 Å². The standard InChI is InChI=1S/C15H19FN2O3/c16-11-5-10(8-19)6-13(7-11)18-3-4-21-9-14(18)15(20)17-12-1-2-12/h5-7,12,14,19H,1-4,8-9H2,(H,17,20). The Morgan fingerprint density at radius 1 is 1.43 bits per heavy atom. The van der Waals surface area contributed by atoms with E-state index in [2.05, 4.69) is 5.32 Å². The number of ether oxygens (including phenoxy) is 1. The normalized spacial score (nSPS) is 22.2. The van der Waals surface area contributed by atoms with Gasteiger partial charge in [-0.3, -0.25) is 4.79 Å². The Kier molecular flexibility index (Phi) is 4.07. The zero-order valence-corrected chi connectivity index (χ0v) is 11.7. The topological polar surface area (TPSA) is 61.8 Å². The van der Waals surface area contributed by atoms with E-state index in [1.165, 1.54) is 12.1 Å². The van der Waals surface area contributed by atoms with Gasteiger partial charge in [0.1, 0.15) is 11.9 Å². The summed E-state index contributed by atoms with van der Waals surface area (Å²) in [5.41, 5.74) is 1.11. The van der Waals surface area contributed by atoms with Crippen LogP contribution in [0.4, 0.5) is 10.1 Å². The van der Waals surface area contributed by atoms with Crippen molar-refractivity contribution in [3.63, 3.8) is 0 Å². The van der Waals surface area contributed by atoms with Gasteiger partial charge in [-0.05, 0) is 36.6 Å². The first-order valence-electron chi connectivity index (χ1n) is 7.22. The molecular weight excluding hydrogens is 275 g/mol. The first-order chi connectivity index (χ1) is 10.2. The predicted octanol–water partition coefficient (Wildman–Crippen LogP) is 0.802. The van der Waals surface area contributed by atoms with Crippen molar-refractivity contribution in [1.82, 2.24) is 5.32 Å². The third-order valence-corrected chi connectivity index (χ3v) is 3.81. The molecule has 1 aliphatic heterocycles. The molecule has 1 saturated carbocycles. The lowest BCUT2D eigenvalue weighted by Crippen LogP contribution is -2.54. The van der Waals surface area contributed by atoms with Crippen LogP contribution in [0.2, 0.25) is 0 Å². The summed E-state index contributed by atoms with van der Waals surface area (Å²) in [6.45, 7) is 1.09. The summed E-state index contributed by atoms with van der Waals surface area (Å²) < 4.78 is 19.0. The van der Waals surface area contributed by atoms with Gasteiger partial charge in [0.2, 0.25) is 5.91 Å². The van der Waals surface area contributed by atoms with E-state index < -0.39 is 11.9 Å². The highest BCUT2D eigenvalue weighted by Gasteiger charge is 2.33. The molecule has 6 heteroatoms. The zero-order chi connectivity index (χ0) is 14.8. The van der Waals surface area contributed by atoms with E-state index in [0.717, 1.165) is 12.8 Å². The molecular formula is C15H19FN2O3. The zero-order valence-electron chi connectivity index (χ0n) is 11.7. The summed E-state index contributed by atoms with van der Waals surface area (Å²) in [4.78, 5) is 14.1. The minimum Gasteiger partial charge on any atom is -0.392 e. The van der Waals surface area contributed by atoms with Crippen LogP contribution in [0.15, 0.2) is 18.2 Å². The molecule has 5 nitrogen and oxygen atoms in total. The van der Waals surface area contributed by atoms with Gasteiger partial charge in [-0.15, -0.1) is 0 Å². The van der Waals surface area contributed by atoms with E-state index in [1.54, 1.807) is 6.07 Å². The number of carbonyl (C=O) groups is 1. The Morgan fingerprint density at radius 2 is 2.24 bits per heavy atom. The van der Waals surface area contributed by atoms with Crippen LogP contribution < -0.4 is 10.2 Å². The lowest BCUT2D eigenvalue weighted by molar-refractivity contribution is -0.124. The Morgan fingerprint density at radius 3 is 2.95 bits per heavy atom. The Bertz CT molecular complexity index is 534. The minimum absolute atomic E-state index is 0.0768. The molecule has 1 aliphatic carbocycles. The van der Waals surface area contributed by atoms with E-state index in [0.29, 0.717) is 31.0 Å². The smallest absolute Gasteiger partial charge is 0.245 e. The molecule has 1 aromatic rings. The number of amides is 1. The predicted molar refractivity (Wildman–Crippen MR) is 75.4 cm³/mol. The van der Waals surface area contributed by atoms with Crippen molar-refractivity contribution in [2.24, 2.45) is 0 Å². The molecule has 1 saturated heterocycles. The molecule has 1 aromatic carbocycles. The fourth-order valence-electron chi connectivity index (χ4n) is 2.55. The number of carbonyl (C=O) groups excluding carboxylic acids is 1. The summed E-state index contributed by atoms with van der Waals surface area (Å²) in [5.74, 6) is -0.489. The van der Waals surface area contributed by atoms with Crippen LogP contribution in [0.3, 0.4) is 0 Å². The average molecular weight is 294 g/mol. The summed E-state index contributed by atoms with van der Waals surface area (Å²) in [5, 5.41) is 12.2. The molecule has 0 bridgehead atoms. The second kappa shape index (κ2) is 5.99. The first kappa shape index (κ1) is 14.3. The Balaban J connectivity index is 1.82. The largest absolute Gasteiger partial charge is 0.392 e. The van der Waals surface area contributed by atoms with Crippen molar-refractivity contribution >= 4 is 11.6 Å². The number of nitrogens with one attached hydrogen (secondary N) is 1. The lowest BCUT2D eigenvalue weighted by Gasteiger charge is -2.36. The van der Waals surface area contributed by atoms with Crippen LogP contribution in [0, 0.1) is 5.82 Å². The molecule has 114 valence electrons. The molecule has 21 heavy (non-hydrogen) atoms. The summed E-state index contributed by atoms with van der Waals surface area (Å²) in [6, 6.07) is 4.23. The number of halogens is 1. The molecule has 1 heterocycles. The van der Waals surface area contributed by atoms with E-state index in [-0.39, 0.29) is 18.6 Å². The van der Waals surface area contributed by atoms with Gasteiger partial charge in [-0.25, -0.2) is 4.39 Å². The van der Waals surface area contributed by atoms with Crippen LogP contribution in [0.25, 0.3) is 0 Å². The van der Waals surface area contributed by atoms with Crippen LogP contribution in [0.5, 0.6) is 0 Å². The number of nitrogens with zero attached hydrogens (tertiary/aromatic N) is 1. The number of anilines is 1. The Labute approximate surface area is 122 Å².